The number of ether oxygens (including phenoxy) is 1. The van der Waals surface area contributed by atoms with Crippen LogP contribution in [0.5, 0.6) is 5.75 Å². The van der Waals surface area contributed by atoms with Crippen LogP contribution in [0, 0.1) is 0 Å². The van der Waals surface area contributed by atoms with Crippen LogP contribution in [0.25, 0.3) is 11.2 Å². The number of anilines is 3. The first-order valence-corrected chi connectivity index (χ1v) is 12.2. The summed E-state index contributed by atoms with van der Waals surface area (Å²) in [5.74, 6) is 1.53. The van der Waals surface area contributed by atoms with Gasteiger partial charge in [0.1, 0.15) is 12.4 Å². The number of hydrogen-bond acceptors (Lipinski definition) is 7. The van der Waals surface area contributed by atoms with Gasteiger partial charge in [-0.05, 0) is 42.8 Å². The SMILES string of the molecule is O=C1CCCN1CCn1cnc2c(NCCOc3ccccc3)nc(Nc3ccc(C(F)(F)F)cc3)nc21. The quantitative estimate of drug-likeness (QED) is 0.290. The van der Waals surface area contributed by atoms with E-state index in [0.717, 1.165) is 30.8 Å². The van der Waals surface area contributed by atoms with Gasteiger partial charge >= 0.3 is 6.18 Å². The number of aromatic nitrogens is 4. The number of carbonyl (C=O) groups is 1. The monoisotopic (exact) mass is 525 g/mol. The molecule has 2 N–H and O–H groups in total. The first kappa shape index (κ1) is 25.3. The van der Waals surface area contributed by atoms with Crippen molar-refractivity contribution in [1.29, 1.82) is 0 Å². The molecule has 0 aliphatic carbocycles. The average molecular weight is 526 g/mol. The maximum Gasteiger partial charge on any atom is 0.416 e. The summed E-state index contributed by atoms with van der Waals surface area (Å²) in [6.45, 7) is 2.55. The van der Waals surface area contributed by atoms with Gasteiger partial charge in [-0.15, -0.1) is 0 Å². The van der Waals surface area contributed by atoms with Crippen molar-refractivity contribution in [3.63, 3.8) is 0 Å². The van der Waals surface area contributed by atoms with Crippen LogP contribution in [0.3, 0.4) is 0 Å². The Bertz CT molecular complexity index is 1390. The van der Waals surface area contributed by atoms with Gasteiger partial charge in [0.05, 0.1) is 18.4 Å². The van der Waals surface area contributed by atoms with Crippen molar-refractivity contribution in [2.75, 3.05) is 36.9 Å². The number of benzene rings is 2. The highest BCUT2D eigenvalue weighted by atomic mass is 19.4. The minimum absolute atomic E-state index is 0.134. The van der Waals surface area contributed by atoms with Crippen molar-refractivity contribution in [2.45, 2.75) is 25.6 Å². The molecule has 0 atom stereocenters. The van der Waals surface area contributed by atoms with Gasteiger partial charge in [0.2, 0.25) is 11.9 Å². The minimum Gasteiger partial charge on any atom is -0.492 e. The summed E-state index contributed by atoms with van der Waals surface area (Å²) in [5, 5.41) is 6.21. The van der Waals surface area contributed by atoms with E-state index in [9.17, 15) is 18.0 Å². The largest absolute Gasteiger partial charge is 0.492 e. The summed E-state index contributed by atoms with van der Waals surface area (Å²) in [6, 6.07) is 14.1. The molecule has 0 bridgehead atoms. The van der Waals surface area contributed by atoms with E-state index in [2.05, 4.69) is 25.6 Å². The fourth-order valence-electron chi connectivity index (χ4n) is 4.18. The van der Waals surface area contributed by atoms with Gasteiger partial charge < -0.3 is 24.8 Å². The molecule has 4 aromatic rings. The number of fused-ring (bicyclic) bond motifs is 1. The Hall–Kier alpha value is -4.35. The lowest BCUT2D eigenvalue weighted by atomic mass is 10.2. The average Bonchev–Trinajstić information content (AvgIpc) is 3.51. The molecule has 12 heteroatoms. The van der Waals surface area contributed by atoms with E-state index < -0.39 is 11.7 Å². The van der Waals surface area contributed by atoms with Crippen LogP contribution in [0.4, 0.5) is 30.6 Å². The number of para-hydroxylation sites is 1. The van der Waals surface area contributed by atoms with Crippen LogP contribution in [0.1, 0.15) is 18.4 Å². The maximum atomic E-state index is 12.9. The van der Waals surface area contributed by atoms with Crippen LogP contribution < -0.4 is 15.4 Å². The van der Waals surface area contributed by atoms with Gasteiger partial charge in [-0.1, -0.05) is 18.2 Å². The number of hydrogen-bond donors (Lipinski definition) is 2. The van der Waals surface area contributed by atoms with Crippen molar-refractivity contribution in [2.24, 2.45) is 0 Å². The zero-order valence-electron chi connectivity index (χ0n) is 20.4. The molecule has 198 valence electrons. The van der Waals surface area contributed by atoms with Crippen LogP contribution in [0.15, 0.2) is 60.9 Å². The third-order valence-corrected chi connectivity index (χ3v) is 6.12. The number of nitrogens with zero attached hydrogens (tertiary/aromatic N) is 5. The third kappa shape index (κ3) is 5.96. The smallest absolute Gasteiger partial charge is 0.416 e. The van der Waals surface area contributed by atoms with Crippen LogP contribution in [-0.2, 0) is 17.5 Å². The molecule has 1 fully saturated rings. The van der Waals surface area contributed by atoms with Gasteiger partial charge in [-0.2, -0.15) is 23.1 Å². The van der Waals surface area contributed by atoms with Gasteiger partial charge in [0, 0.05) is 31.7 Å². The molecule has 9 nitrogen and oxygen atoms in total. The highest BCUT2D eigenvalue weighted by Crippen LogP contribution is 2.30. The predicted molar refractivity (Wildman–Crippen MR) is 136 cm³/mol. The number of rotatable bonds is 10. The van der Waals surface area contributed by atoms with Crippen LogP contribution >= 0.6 is 0 Å². The Balaban J connectivity index is 1.36. The maximum absolute atomic E-state index is 12.9. The molecule has 38 heavy (non-hydrogen) atoms. The number of carbonyl (C=O) groups excluding carboxylic acids is 1. The fourth-order valence-corrected chi connectivity index (χ4v) is 4.18. The number of alkyl halides is 3. The Labute approximate surface area is 216 Å². The highest BCUT2D eigenvalue weighted by molar-refractivity contribution is 5.84. The molecule has 1 amide bonds. The second-order valence-electron chi connectivity index (χ2n) is 8.78. The summed E-state index contributed by atoms with van der Waals surface area (Å²) in [6.07, 6.45) is -1.36. The van der Waals surface area contributed by atoms with Gasteiger partial charge in [0.25, 0.3) is 0 Å². The fraction of sp³-hybridized carbons (Fsp3) is 0.308. The molecular weight excluding hydrogens is 499 g/mol. The summed E-state index contributed by atoms with van der Waals surface area (Å²) >= 11 is 0. The third-order valence-electron chi connectivity index (χ3n) is 6.12. The molecule has 1 aliphatic heterocycles. The minimum atomic E-state index is -4.42. The number of amides is 1. The molecule has 0 radical (unpaired) electrons. The topological polar surface area (TPSA) is 97.2 Å². The Kier molecular flexibility index (Phi) is 7.29. The van der Waals surface area contributed by atoms with Crippen molar-refractivity contribution in [3.05, 3.63) is 66.5 Å². The lowest BCUT2D eigenvalue weighted by Crippen LogP contribution is -2.28. The second-order valence-corrected chi connectivity index (χ2v) is 8.78. The van der Waals surface area contributed by atoms with Gasteiger partial charge in [-0.25, -0.2) is 4.98 Å². The molecule has 2 aromatic carbocycles. The Morgan fingerprint density at radius 3 is 2.50 bits per heavy atom. The molecular formula is C26H26F3N7O2. The van der Waals surface area contributed by atoms with E-state index in [-0.39, 0.29) is 11.9 Å². The number of halogens is 3. The molecule has 0 saturated carbocycles. The molecule has 0 unspecified atom stereocenters. The van der Waals surface area contributed by atoms with Crippen molar-refractivity contribution >= 4 is 34.5 Å². The molecule has 3 heterocycles. The standard InChI is InChI=1S/C26H26F3N7O2/c27-26(28,29)18-8-10-19(11-9-18)32-25-33-23(30-12-16-38-20-5-2-1-3-6-20)22-24(34-25)36(17-31-22)15-14-35-13-4-7-21(35)37/h1-3,5-6,8-11,17H,4,7,12-16H2,(H2,30,32,33,34). The lowest BCUT2D eigenvalue weighted by molar-refractivity contribution is -0.137. The summed E-state index contributed by atoms with van der Waals surface area (Å²) in [4.78, 5) is 27.4. The van der Waals surface area contributed by atoms with Gasteiger partial charge in [0.15, 0.2) is 17.0 Å². The molecule has 5 rings (SSSR count). The van der Waals surface area contributed by atoms with E-state index in [1.54, 1.807) is 6.33 Å². The molecule has 1 aliphatic rings. The first-order valence-electron chi connectivity index (χ1n) is 12.2. The summed E-state index contributed by atoms with van der Waals surface area (Å²) in [5.41, 5.74) is 0.738. The zero-order chi connectivity index (χ0) is 26.5. The summed E-state index contributed by atoms with van der Waals surface area (Å²) < 4.78 is 46.4. The van der Waals surface area contributed by atoms with Crippen LogP contribution in [0.2, 0.25) is 0 Å². The first-order chi connectivity index (χ1) is 18.4. The summed E-state index contributed by atoms with van der Waals surface area (Å²) in [7, 11) is 0. The predicted octanol–water partition coefficient (Wildman–Crippen LogP) is 4.70. The van der Waals surface area contributed by atoms with E-state index in [1.165, 1.54) is 12.1 Å². The highest BCUT2D eigenvalue weighted by Gasteiger charge is 2.30. The van der Waals surface area contributed by atoms with Gasteiger partial charge in [-0.3, -0.25) is 4.79 Å². The molecule has 2 aromatic heterocycles. The lowest BCUT2D eigenvalue weighted by Gasteiger charge is -2.16. The van der Waals surface area contributed by atoms with Crippen molar-refractivity contribution in [3.8, 4) is 5.75 Å². The van der Waals surface area contributed by atoms with E-state index >= 15 is 0 Å². The van der Waals surface area contributed by atoms with E-state index in [4.69, 9.17) is 4.74 Å². The Morgan fingerprint density at radius 1 is 1.00 bits per heavy atom. The Morgan fingerprint density at radius 2 is 1.79 bits per heavy atom. The van der Waals surface area contributed by atoms with Crippen molar-refractivity contribution < 1.29 is 22.7 Å². The number of likely N-dealkylation sites (tertiary alicyclic amines) is 1. The molecule has 1 saturated heterocycles. The normalized spacial score (nSPS) is 13.8. The van der Waals surface area contributed by atoms with Crippen molar-refractivity contribution in [1.82, 2.24) is 24.4 Å². The zero-order valence-corrected chi connectivity index (χ0v) is 20.4. The molecule has 0 spiro atoms. The second kappa shape index (κ2) is 11.0. The van der Waals surface area contributed by atoms with E-state index in [1.807, 2.05) is 39.8 Å². The van der Waals surface area contributed by atoms with E-state index in [0.29, 0.717) is 55.3 Å². The number of imidazole rings is 1. The van der Waals surface area contributed by atoms with Crippen LogP contribution in [-0.4, -0.2) is 56.6 Å². The number of nitrogens with one attached hydrogen (secondary N) is 2.